The van der Waals surface area contributed by atoms with Crippen molar-refractivity contribution in [2.45, 2.75) is 31.3 Å². The van der Waals surface area contributed by atoms with E-state index in [0.717, 1.165) is 5.39 Å². The summed E-state index contributed by atoms with van der Waals surface area (Å²) in [7, 11) is -3.69. The van der Waals surface area contributed by atoms with Crippen LogP contribution in [-0.2, 0) is 14.9 Å². The first-order chi connectivity index (χ1) is 8.80. The van der Waals surface area contributed by atoms with Gasteiger partial charge in [-0.2, -0.15) is 0 Å². The van der Waals surface area contributed by atoms with Crippen LogP contribution in [0, 0.1) is 0 Å². The van der Waals surface area contributed by atoms with Gasteiger partial charge in [0.25, 0.3) is 10.0 Å². The molecule has 0 radical (unpaired) electrons. The highest BCUT2D eigenvalue weighted by atomic mass is 32.2. The second kappa shape index (κ2) is 4.92. The molecule has 4 nitrogen and oxygen atoms in total. The third-order valence-electron chi connectivity index (χ3n) is 2.50. The van der Waals surface area contributed by atoms with E-state index in [1.165, 1.54) is 0 Å². The van der Waals surface area contributed by atoms with Gasteiger partial charge in [-0.25, -0.2) is 8.42 Å². The highest BCUT2D eigenvalue weighted by molar-refractivity contribution is 7.89. The van der Waals surface area contributed by atoms with Gasteiger partial charge in [0, 0.05) is 5.39 Å². The van der Waals surface area contributed by atoms with Gasteiger partial charge in [0.15, 0.2) is 0 Å². The van der Waals surface area contributed by atoms with E-state index in [9.17, 15) is 8.42 Å². The summed E-state index contributed by atoms with van der Waals surface area (Å²) in [6.07, 6.45) is 0. The molecule has 0 saturated heterocycles. The summed E-state index contributed by atoms with van der Waals surface area (Å²) in [5.41, 5.74) is -0.586. The van der Waals surface area contributed by atoms with Crippen molar-refractivity contribution >= 4 is 20.8 Å². The Morgan fingerprint density at radius 3 is 2.32 bits per heavy atom. The van der Waals surface area contributed by atoms with E-state index < -0.39 is 15.6 Å². The second-order valence-electron chi connectivity index (χ2n) is 5.28. The minimum absolute atomic E-state index is 0.217. The van der Waals surface area contributed by atoms with Gasteiger partial charge in [-0.3, -0.25) is 4.84 Å². The van der Waals surface area contributed by atoms with E-state index in [1.807, 2.05) is 24.3 Å². The maximum atomic E-state index is 12.3. The molecule has 2 aromatic rings. The Balaban J connectivity index is 2.44. The zero-order chi connectivity index (χ0) is 14.1. The molecule has 0 bridgehead atoms. The van der Waals surface area contributed by atoms with Crippen LogP contribution in [0.15, 0.2) is 47.4 Å². The van der Waals surface area contributed by atoms with Gasteiger partial charge in [-0.05, 0) is 32.2 Å². The number of sulfonamides is 1. The SMILES string of the molecule is CC(C)(C)ONS(=O)(=O)c1cccc2ccccc12. The van der Waals surface area contributed by atoms with E-state index in [4.69, 9.17) is 4.84 Å². The molecule has 0 amide bonds. The van der Waals surface area contributed by atoms with E-state index in [0.29, 0.717) is 5.39 Å². The van der Waals surface area contributed by atoms with Gasteiger partial charge in [0.1, 0.15) is 0 Å². The summed E-state index contributed by atoms with van der Waals surface area (Å²) in [5, 5.41) is 1.55. The van der Waals surface area contributed by atoms with Crippen molar-refractivity contribution in [2.24, 2.45) is 0 Å². The van der Waals surface area contributed by atoms with E-state index in [1.54, 1.807) is 39.0 Å². The number of hydrogen-bond acceptors (Lipinski definition) is 3. The highest BCUT2D eigenvalue weighted by Crippen LogP contribution is 2.22. The van der Waals surface area contributed by atoms with Crippen LogP contribution in [0.4, 0.5) is 0 Å². The van der Waals surface area contributed by atoms with Crippen LogP contribution in [0.2, 0.25) is 0 Å². The Morgan fingerprint density at radius 1 is 1.00 bits per heavy atom. The van der Waals surface area contributed by atoms with Crippen molar-refractivity contribution < 1.29 is 13.3 Å². The van der Waals surface area contributed by atoms with Gasteiger partial charge in [-0.1, -0.05) is 41.3 Å². The molecule has 0 spiro atoms. The zero-order valence-electron chi connectivity index (χ0n) is 11.2. The molecule has 19 heavy (non-hydrogen) atoms. The molecule has 0 fully saturated rings. The summed E-state index contributed by atoms with van der Waals surface area (Å²) in [5.74, 6) is 0. The Bertz CT molecular complexity index is 682. The molecule has 5 heteroatoms. The Morgan fingerprint density at radius 2 is 1.63 bits per heavy atom. The maximum absolute atomic E-state index is 12.3. The number of hydrogen-bond donors (Lipinski definition) is 1. The third kappa shape index (κ3) is 3.32. The fourth-order valence-electron chi connectivity index (χ4n) is 1.65. The van der Waals surface area contributed by atoms with E-state index in [2.05, 4.69) is 4.89 Å². The van der Waals surface area contributed by atoms with Crippen LogP contribution in [0.5, 0.6) is 0 Å². The third-order valence-corrected chi connectivity index (χ3v) is 3.73. The Labute approximate surface area is 113 Å². The van der Waals surface area contributed by atoms with Crippen LogP contribution in [0.3, 0.4) is 0 Å². The molecule has 102 valence electrons. The zero-order valence-corrected chi connectivity index (χ0v) is 12.0. The molecule has 0 aromatic heterocycles. The van der Waals surface area contributed by atoms with Gasteiger partial charge in [0.2, 0.25) is 0 Å². The lowest BCUT2D eigenvalue weighted by Crippen LogP contribution is -2.33. The summed E-state index contributed by atoms with van der Waals surface area (Å²) >= 11 is 0. The van der Waals surface area contributed by atoms with Crippen LogP contribution in [0.25, 0.3) is 10.8 Å². The smallest absolute Gasteiger partial charge is 0.263 e. The van der Waals surface area contributed by atoms with Gasteiger partial charge >= 0.3 is 0 Å². The maximum Gasteiger partial charge on any atom is 0.263 e. The number of benzene rings is 2. The second-order valence-corrected chi connectivity index (χ2v) is 6.89. The topological polar surface area (TPSA) is 55.4 Å². The molecule has 0 aliphatic rings. The number of nitrogens with one attached hydrogen (secondary N) is 1. The summed E-state index contributed by atoms with van der Waals surface area (Å²) in [6, 6.07) is 12.5. The summed E-state index contributed by atoms with van der Waals surface area (Å²) in [6.45, 7) is 5.33. The van der Waals surface area contributed by atoms with E-state index >= 15 is 0 Å². The van der Waals surface area contributed by atoms with Crippen molar-refractivity contribution in [1.29, 1.82) is 0 Å². The molecule has 0 heterocycles. The molecule has 0 atom stereocenters. The van der Waals surface area contributed by atoms with Crippen LogP contribution >= 0.6 is 0 Å². The minimum Gasteiger partial charge on any atom is -0.281 e. The Hall–Kier alpha value is -1.43. The van der Waals surface area contributed by atoms with Crippen LogP contribution < -0.4 is 4.89 Å². The molecule has 2 rings (SSSR count). The lowest BCUT2D eigenvalue weighted by atomic mass is 10.1. The lowest BCUT2D eigenvalue weighted by molar-refractivity contribution is -0.0357. The van der Waals surface area contributed by atoms with Gasteiger partial charge in [-0.15, -0.1) is 0 Å². The standard InChI is InChI=1S/C14H17NO3S/c1-14(2,3)18-15-19(16,17)13-10-6-8-11-7-4-5-9-12(11)13/h4-10,15H,1-3H3. The predicted octanol–water partition coefficient (Wildman–Crippen LogP) is 2.85. The Kier molecular flexibility index (Phi) is 3.62. The van der Waals surface area contributed by atoms with Gasteiger partial charge < -0.3 is 0 Å². The minimum atomic E-state index is -3.69. The molecular weight excluding hydrogens is 262 g/mol. The predicted molar refractivity (Wildman–Crippen MR) is 75.1 cm³/mol. The first kappa shape index (κ1) is 14.0. The fourth-order valence-corrected chi connectivity index (χ4v) is 2.84. The first-order valence-corrected chi connectivity index (χ1v) is 7.45. The summed E-state index contributed by atoms with van der Waals surface area (Å²) in [4.78, 5) is 7.56. The average Bonchev–Trinajstić information content (AvgIpc) is 2.35. The number of fused-ring (bicyclic) bond motifs is 1. The number of rotatable bonds is 3. The largest absolute Gasteiger partial charge is 0.281 e. The average molecular weight is 279 g/mol. The normalized spacial score (nSPS) is 12.8. The molecule has 0 aliphatic heterocycles. The molecule has 0 aliphatic carbocycles. The molecule has 1 N–H and O–H groups in total. The molecule has 2 aromatic carbocycles. The van der Waals surface area contributed by atoms with E-state index in [-0.39, 0.29) is 4.90 Å². The quantitative estimate of drug-likeness (QED) is 0.879. The first-order valence-electron chi connectivity index (χ1n) is 5.97. The summed E-state index contributed by atoms with van der Waals surface area (Å²) < 4.78 is 24.5. The molecule has 0 saturated carbocycles. The van der Waals surface area contributed by atoms with Gasteiger partial charge in [0.05, 0.1) is 10.5 Å². The lowest BCUT2D eigenvalue weighted by Gasteiger charge is -2.19. The fraction of sp³-hybridized carbons (Fsp3) is 0.286. The molecular formula is C14H17NO3S. The van der Waals surface area contributed by atoms with Crippen molar-refractivity contribution in [3.05, 3.63) is 42.5 Å². The van der Waals surface area contributed by atoms with Crippen molar-refractivity contribution in [2.75, 3.05) is 0 Å². The van der Waals surface area contributed by atoms with Crippen molar-refractivity contribution in [3.8, 4) is 0 Å². The van der Waals surface area contributed by atoms with Crippen molar-refractivity contribution in [3.63, 3.8) is 0 Å². The van der Waals surface area contributed by atoms with Crippen LogP contribution in [0.1, 0.15) is 20.8 Å². The van der Waals surface area contributed by atoms with Crippen LogP contribution in [-0.4, -0.2) is 14.0 Å². The monoisotopic (exact) mass is 279 g/mol. The highest BCUT2D eigenvalue weighted by Gasteiger charge is 2.20. The molecule has 0 unspecified atom stereocenters. The van der Waals surface area contributed by atoms with Crippen molar-refractivity contribution in [1.82, 2.24) is 4.89 Å².